The Morgan fingerprint density at radius 3 is 2.87 bits per heavy atom. The van der Waals surface area contributed by atoms with E-state index < -0.39 is 0 Å². The number of hydrogen-bond acceptors (Lipinski definition) is 4. The predicted molar refractivity (Wildman–Crippen MR) is 86.6 cm³/mol. The second-order valence-corrected chi connectivity index (χ2v) is 5.43. The first kappa shape index (κ1) is 13.3. The van der Waals surface area contributed by atoms with Gasteiger partial charge in [0.05, 0.1) is 0 Å². The van der Waals surface area contributed by atoms with Gasteiger partial charge in [-0.3, -0.25) is 10.4 Å². The number of hydrogen-bond donors (Lipinski definition) is 2. The maximum absolute atomic E-state index is 9.51. The fraction of sp³-hybridized carbons (Fsp3) is 0.0556. The van der Waals surface area contributed by atoms with Gasteiger partial charge in [-0.05, 0) is 36.8 Å². The number of benzene rings is 1. The van der Waals surface area contributed by atoms with E-state index in [4.69, 9.17) is 9.83 Å². The molecule has 0 fully saturated rings. The molecule has 1 aromatic carbocycles. The van der Waals surface area contributed by atoms with Gasteiger partial charge in [0, 0.05) is 46.0 Å². The summed E-state index contributed by atoms with van der Waals surface area (Å²) in [5.74, 6) is 0. The monoisotopic (exact) mass is 300 g/mol. The first-order chi connectivity index (χ1) is 11.2. The number of fused-ring (bicyclic) bond motifs is 3. The molecule has 0 atom stereocenters. The van der Waals surface area contributed by atoms with Crippen LogP contribution in [0.25, 0.3) is 33.0 Å². The van der Waals surface area contributed by atoms with Crippen LogP contribution in [0.3, 0.4) is 0 Å². The van der Waals surface area contributed by atoms with Gasteiger partial charge in [0.2, 0.25) is 5.55 Å². The highest BCUT2D eigenvalue weighted by Crippen LogP contribution is 2.33. The van der Waals surface area contributed by atoms with Gasteiger partial charge in [0.1, 0.15) is 17.2 Å². The van der Waals surface area contributed by atoms with Gasteiger partial charge < -0.3 is 9.40 Å². The second kappa shape index (κ2) is 4.82. The molecular formula is C18H12N4O. The Kier molecular flexibility index (Phi) is 2.78. The maximum Gasteiger partial charge on any atom is 0.230 e. The summed E-state index contributed by atoms with van der Waals surface area (Å²) in [5.41, 5.74) is 4.12. The van der Waals surface area contributed by atoms with Crippen molar-refractivity contribution in [3.05, 3.63) is 59.5 Å². The van der Waals surface area contributed by atoms with Crippen molar-refractivity contribution in [2.75, 3.05) is 0 Å². The van der Waals surface area contributed by atoms with Crippen LogP contribution >= 0.6 is 0 Å². The van der Waals surface area contributed by atoms with Crippen LogP contribution < -0.4 is 5.55 Å². The van der Waals surface area contributed by atoms with E-state index in [0.29, 0.717) is 11.1 Å². The quantitative estimate of drug-likeness (QED) is 0.562. The van der Waals surface area contributed by atoms with Crippen molar-refractivity contribution in [2.45, 2.75) is 6.92 Å². The van der Waals surface area contributed by atoms with Crippen LogP contribution in [0, 0.1) is 23.7 Å². The Morgan fingerprint density at radius 1 is 1.22 bits per heavy atom. The van der Waals surface area contributed by atoms with E-state index in [9.17, 15) is 5.26 Å². The molecule has 23 heavy (non-hydrogen) atoms. The molecule has 5 nitrogen and oxygen atoms in total. The van der Waals surface area contributed by atoms with Gasteiger partial charge >= 0.3 is 0 Å². The van der Waals surface area contributed by atoms with E-state index in [0.717, 1.165) is 27.4 Å². The van der Waals surface area contributed by atoms with Gasteiger partial charge in [0.25, 0.3) is 0 Å². The average Bonchev–Trinajstić information content (AvgIpc) is 3.02. The Bertz CT molecular complexity index is 1160. The van der Waals surface area contributed by atoms with Crippen LogP contribution in [-0.4, -0.2) is 9.97 Å². The minimum atomic E-state index is -0.134. The molecule has 0 saturated carbocycles. The number of H-pyrrole nitrogens is 1. The predicted octanol–water partition coefficient (Wildman–Crippen LogP) is 3.64. The lowest BCUT2D eigenvalue weighted by Crippen LogP contribution is -2.07. The minimum Gasteiger partial charge on any atom is -0.437 e. The van der Waals surface area contributed by atoms with Crippen molar-refractivity contribution in [1.29, 1.82) is 10.7 Å². The zero-order valence-electron chi connectivity index (χ0n) is 12.3. The molecule has 0 aliphatic rings. The number of aryl methyl sites for hydroxylation is 1. The minimum absolute atomic E-state index is 0.134. The summed E-state index contributed by atoms with van der Waals surface area (Å²) in [4.78, 5) is 7.35. The molecule has 0 bridgehead atoms. The summed E-state index contributed by atoms with van der Waals surface area (Å²) in [6.45, 7) is 1.95. The van der Waals surface area contributed by atoms with Crippen molar-refractivity contribution < 1.29 is 4.42 Å². The second-order valence-electron chi connectivity index (χ2n) is 5.43. The third-order valence-corrected chi connectivity index (χ3v) is 3.91. The molecule has 3 heterocycles. The Hall–Kier alpha value is -3.39. The number of nitrogens with zero attached hydrogens (tertiary/aromatic N) is 2. The molecule has 2 N–H and O–H groups in total. The van der Waals surface area contributed by atoms with Crippen molar-refractivity contribution in [3.8, 4) is 17.2 Å². The summed E-state index contributed by atoms with van der Waals surface area (Å²) in [5, 5.41) is 19.3. The van der Waals surface area contributed by atoms with E-state index in [1.807, 2.05) is 37.4 Å². The number of rotatable bonds is 1. The van der Waals surface area contributed by atoms with Gasteiger partial charge in [0.15, 0.2) is 0 Å². The lowest BCUT2D eigenvalue weighted by molar-refractivity contribution is 0.534. The first-order valence-corrected chi connectivity index (χ1v) is 7.12. The number of pyridine rings is 1. The smallest absolute Gasteiger partial charge is 0.230 e. The number of nitriles is 1. The summed E-state index contributed by atoms with van der Waals surface area (Å²) in [6.07, 6.45) is 5.30. The first-order valence-electron chi connectivity index (χ1n) is 7.12. The van der Waals surface area contributed by atoms with Crippen molar-refractivity contribution in [3.63, 3.8) is 0 Å². The number of aromatic nitrogens is 2. The van der Waals surface area contributed by atoms with E-state index in [2.05, 4.69) is 16.0 Å². The number of nitrogens with one attached hydrogen (secondary N) is 2. The van der Waals surface area contributed by atoms with Gasteiger partial charge in [-0.25, -0.2) is 0 Å². The highest BCUT2D eigenvalue weighted by Gasteiger charge is 2.17. The summed E-state index contributed by atoms with van der Waals surface area (Å²) >= 11 is 0. The van der Waals surface area contributed by atoms with E-state index in [1.54, 1.807) is 12.4 Å². The standard InChI is InChI=1S/C18H12N4O/c1-10-6-11(9-21-8-10)16-13-2-3-15-12(4-5-22-15)17(13)23-18(20)14(16)7-19/h2-6,8-9,20,22H,1H3. The van der Waals surface area contributed by atoms with Crippen LogP contribution in [0.1, 0.15) is 11.1 Å². The van der Waals surface area contributed by atoms with Gasteiger partial charge in [-0.1, -0.05) is 0 Å². The third-order valence-electron chi connectivity index (χ3n) is 3.91. The highest BCUT2D eigenvalue weighted by molar-refractivity contribution is 6.08. The van der Waals surface area contributed by atoms with Crippen LogP contribution in [0.4, 0.5) is 0 Å². The topological polar surface area (TPSA) is 89.5 Å². The van der Waals surface area contributed by atoms with Crippen molar-refractivity contribution >= 4 is 21.9 Å². The summed E-state index contributed by atoms with van der Waals surface area (Å²) < 4.78 is 5.65. The molecule has 0 aliphatic heterocycles. The molecule has 0 spiro atoms. The molecule has 3 aromatic heterocycles. The average molecular weight is 300 g/mol. The lowest BCUT2D eigenvalue weighted by atomic mass is 9.97. The fourth-order valence-electron chi connectivity index (χ4n) is 2.91. The van der Waals surface area contributed by atoms with Crippen LogP contribution in [-0.2, 0) is 0 Å². The number of aromatic amines is 1. The highest BCUT2D eigenvalue weighted by atomic mass is 16.3. The van der Waals surface area contributed by atoms with Crippen LogP contribution in [0.2, 0.25) is 0 Å². The normalized spacial score (nSPS) is 11.0. The largest absolute Gasteiger partial charge is 0.437 e. The van der Waals surface area contributed by atoms with Crippen molar-refractivity contribution in [2.24, 2.45) is 0 Å². The molecule has 0 aliphatic carbocycles. The maximum atomic E-state index is 9.51. The van der Waals surface area contributed by atoms with Gasteiger partial charge in [-0.2, -0.15) is 5.26 Å². The Morgan fingerprint density at radius 2 is 2.09 bits per heavy atom. The Labute approximate surface area is 131 Å². The Balaban J connectivity index is 2.24. The molecule has 110 valence electrons. The zero-order valence-corrected chi connectivity index (χ0v) is 12.3. The molecule has 4 aromatic rings. The van der Waals surface area contributed by atoms with Crippen LogP contribution in [0.5, 0.6) is 0 Å². The van der Waals surface area contributed by atoms with Crippen molar-refractivity contribution in [1.82, 2.24) is 9.97 Å². The molecule has 4 rings (SSSR count). The van der Waals surface area contributed by atoms with E-state index >= 15 is 0 Å². The summed E-state index contributed by atoms with van der Waals surface area (Å²) in [6, 6.07) is 9.83. The molecule has 0 saturated heterocycles. The SMILES string of the molecule is Cc1cncc(-c2c(C#N)c(=N)oc3c2ccc2[nH]ccc23)c1. The van der Waals surface area contributed by atoms with Gasteiger partial charge in [-0.15, -0.1) is 0 Å². The molecular weight excluding hydrogens is 288 g/mol. The third kappa shape index (κ3) is 1.93. The summed E-state index contributed by atoms with van der Waals surface area (Å²) in [7, 11) is 0. The lowest BCUT2D eigenvalue weighted by Gasteiger charge is -2.09. The zero-order chi connectivity index (χ0) is 16.0. The molecule has 5 heteroatoms. The van der Waals surface area contributed by atoms with E-state index in [-0.39, 0.29) is 11.1 Å². The molecule has 0 amide bonds. The van der Waals surface area contributed by atoms with E-state index in [1.165, 1.54) is 0 Å². The fourth-order valence-corrected chi connectivity index (χ4v) is 2.91. The van der Waals surface area contributed by atoms with Crippen LogP contribution in [0.15, 0.2) is 47.3 Å². The molecule has 0 radical (unpaired) electrons. The molecule has 0 unspecified atom stereocenters.